The van der Waals surface area contributed by atoms with Gasteiger partial charge in [0.25, 0.3) is 0 Å². The van der Waals surface area contributed by atoms with Crippen LogP contribution in [0.4, 0.5) is 0 Å². The summed E-state index contributed by atoms with van der Waals surface area (Å²) >= 11 is 0. The number of carbonyl (C=O) groups is 2. The highest BCUT2D eigenvalue weighted by atomic mass is 31.2. The Bertz CT molecular complexity index is 1590. The SMILES string of the molecule is CC/C=C\C[C@@H](O)/C=C/C=C\C=C\[C@@H](O)C/C=C\C/C=C\CCC(=O)OC[C@H](COP(=O)(O)OC[C@@H](O)COP(=O)(O)O)OC(=O)CCCCCC/C=C\C/C=C\C/C=C\CCCCC. The van der Waals surface area contributed by atoms with Crippen LogP contribution in [0.2, 0.25) is 0 Å². The van der Waals surface area contributed by atoms with Crippen molar-refractivity contribution in [1.82, 2.24) is 0 Å². The molecule has 17 heteroatoms. The van der Waals surface area contributed by atoms with Gasteiger partial charge in [-0.15, -0.1) is 0 Å². The van der Waals surface area contributed by atoms with Gasteiger partial charge in [-0.2, -0.15) is 0 Å². The van der Waals surface area contributed by atoms with E-state index in [-0.39, 0.29) is 12.8 Å². The van der Waals surface area contributed by atoms with E-state index in [2.05, 4.69) is 52.4 Å². The molecule has 0 heterocycles. The van der Waals surface area contributed by atoms with Gasteiger partial charge < -0.3 is 39.5 Å². The number of allylic oxidation sites excluding steroid dienone is 14. The number of unbranched alkanes of at least 4 members (excludes halogenated alkanes) is 7. The lowest BCUT2D eigenvalue weighted by Gasteiger charge is -2.20. The molecular formula is C48H78O15P2. The number of aliphatic hydroxyl groups is 3. The molecule has 0 radical (unpaired) electrons. The Hall–Kier alpha value is -3.30. The number of hydrogen-bond acceptors (Lipinski definition) is 12. The molecule has 0 fully saturated rings. The Kier molecular flexibility index (Phi) is 39.9. The summed E-state index contributed by atoms with van der Waals surface area (Å²) in [5.41, 5.74) is 0. The van der Waals surface area contributed by atoms with Gasteiger partial charge in [0.1, 0.15) is 12.7 Å². The Morgan fingerprint density at radius 1 is 0.523 bits per heavy atom. The summed E-state index contributed by atoms with van der Waals surface area (Å²) in [5.74, 6) is -1.24. The number of ether oxygens (including phenoxy) is 2. The first-order valence-electron chi connectivity index (χ1n) is 22.8. The van der Waals surface area contributed by atoms with Crippen LogP contribution >= 0.6 is 15.6 Å². The summed E-state index contributed by atoms with van der Waals surface area (Å²) in [6.07, 6.45) is 44.4. The van der Waals surface area contributed by atoms with Crippen LogP contribution in [0.15, 0.2) is 109 Å². The van der Waals surface area contributed by atoms with Crippen LogP contribution in [0, 0.1) is 0 Å². The molecule has 0 saturated carbocycles. The summed E-state index contributed by atoms with van der Waals surface area (Å²) in [5, 5.41) is 29.7. The molecule has 0 saturated heterocycles. The number of carbonyl (C=O) groups excluding carboxylic acids is 2. The highest BCUT2D eigenvalue weighted by Gasteiger charge is 2.28. The van der Waals surface area contributed by atoms with E-state index in [1.54, 1.807) is 42.5 Å². The number of esters is 2. The first kappa shape index (κ1) is 61.7. The van der Waals surface area contributed by atoms with Crippen LogP contribution in [0.25, 0.3) is 0 Å². The Morgan fingerprint density at radius 3 is 1.62 bits per heavy atom. The van der Waals surface area contributed by atoms with Gasteiger partial charge in [-0.05, 0) is 77.0 Å². The lowest BCUT2D eigenvalue weighted by molar-refractivity contribution is -0.161. The molecule has 0 rings (SSSR count). The third-order valence-corrected chi connectivity index (χ3v) is 10.3. The quantitative estimate of drug-likeness (QED) is 0.0110. The summed E-state index contributed by atoms with van der Waals surface area (Å²) < 4.78 is 47.7. The van der Waals surface area contributed by atoms with E-state index >= 15 is 0 Å². The van der Waals surface area contributed by atoms with E-state index in [0.29, 0.717) is 32.1 Å². The fourth-order valence-electron chi connectivity index (χ4n) is 5.32. The third-order valence-electron chi connectivity index (χ3n) is 8.82. The summed E-state index contributed by atoms with van der Waals surface area (Å²) in [6.45, 7) is 1.30. The first-order chi connectivity index (χ1) is 31.2. The molecule has 0 amide bonds. The predicted octanol–water partition coefficient (Wildman–Crippen LogP) is 9.83. The molecule has 6 N–H and O–H groups in total. The molecule has 0 spiro atoms. The molecule has 65 heavy (non-hydrogen) atoms. The van der Waals surface area contributed by atoms with E-state index in [4.69, 9.17) is 23.8 Å². The lowest BCUT2D eigenvalue weighted by Crippen LogP contribution is -2.29. The molecule has 0 aromatic heterocycles. The van der Waals surface area contributed by atoms with Crippen molar-refractivity contribution in [2.75, 3.05) is 26.4 Å². The second kappa shape index (κ2) is 42.1. The van der Waals surface area contributed by atoms with Crippen LogP contribution in [-0.4, -0.2) is 92.8 Å². The van der Waals surface area contributed by atoms with Crippen molar-refractivity contribution in [1.29, 1.82) is 0 Å². The van der Waals surface area contributed by atoms with Crippen LogP contribution in [0.5, 0.6) is 0 Å². The minimum atomic E-state index is -4.89. The number of aliphatic hydroxyl groups excluding tert-OH is 3. The molecule has 0 aliphatic rings. The highest BCUT2D eigenvalue weighted by molar-refractivity contribution is 7.47. The van der Waals surface area contributed by atoms with E-state index < -0.39 is 78.4 Å². The monoisotopic (exact) mass is 956 g/mol. The topological polar surface area (TPSA) is 236 Å². The van der Waals surface area contributed by atoms with Crippen LogP contribution in [-0.2, 0) is 41.8 Å². The minimum Gasteiger partial charge on any atom is -0.462 e. The van der Waals surface area contributed by atoms with Crippen LogP contribution in [0.3, 0.4) is 0 Å². The Balaban J connectivity index is 4.77. The van der Waals surface area contributed by atoms with Crippen molar-refractivity contribution in [3.63, 3.8) is 0 Å². The van der Waals surface area contributed by atoms with Crippen molar-refractivity contribution < 1.29 is 71.8 Å². The van der Waals surface area contributed by atoms with E-state index in [1.807, 2.05) is 37.3 Å². The van der Waals surface area contributed by atoms with Crippen LogP contribution in [0.1, 0.15) is 129 Å². The van der Waals surface area contributed by atoms with E-state index in [0.717, 1.165) is 51.4 Å². The molecule has 0 aliphatic carbocycles. The van der Waals surface area contributed by atoms with Gasteiger partial charge in [0.15, 0.2) is 6.10 Å². The van der Waals surface area contributed by atoms with Gasteiger partial charge in [0, 0.05) is 12.8 Å². The average Bonchev–Trinajstić information content (AvgIpc) is 3.26. The van der Waals surface area contributed by atoms with Gasteiger partial charge in [-0.3, -0.25) is 23.2 Å². The van der Waals surface area contributed by atoms with Gasteiger partial charge in [0.2, 0.25) is 0 Å². The fourth-order valence-corrected chi connectivity index (χ4v) is 6.47. The maximum atomic E-state index is 12.7. The number of phosphoric ester groups is 2. The third kappa shape index (κ3) is 45.6. The average molecular weight is 957 g/mol. The maximum Gasteiger partial charge on any atom is 0.472 e. The molecular weight excluding hydrogens is 878 g/mol. The second-order valence-electron chi connectivity index (χ2n) is 15.0. The first-order valence-corrected chi connectivity index (χ1v) is 25.8. The Morgan fingerprint density at radius 2 is 1.03 bits per heavy atom. The van der Waals surface area contributed by atoms with Gasteiger partial charge in [-0.25, -0.2) is 9.13 Å². The predicted molar refractivity (Wildman–Crippen MR) is 255 cm³/mol. The Labute approximate surface area is 387 Å². The zero-order chi connectivity index (χ0) is 48.3. The second-order valence-corrected chi connectivity index (χ2v) is 17.7. The molecule has 1 unspecified atom stereocenters. The lowest BCUT2D eigenvalue weighted by atomic mass is 10.1. The number of phosphoric acid groups is 2. The van der Waals surface area contributed by atoms with Crippen molar-refractivity contribution >= 4 is 27.6 Å². The summed E-state index contributed by atoms with van der Waals surface area (Å²) in [7, 11) is -9.76. The summed E-state index contributed by atoms with van der Waals surface area (Å²) in [6, 6.07) is 0. The minimum absolute atomic E-state index is 0.00172. The van der Waals surface area contributed by atoms with Crippen molar-refractivity contribution in [2.45, 2.75) is 154 Å². The van der Waals surface area contributed by atoms with Crippen molar-refractivity contribution in [3.8, 4) is 0 Å². The molecule has 0 bridgehead atoms. The zero-order valence-corrected chi connectivity index (χ0v) is 40.3. The molecule has 0 aromatic carbocycles. The molecule has 370 valence electrons. The van der Waals surface area contributed by atoms with Crippen LogP contribution < -0.4 is 0 Å². The van der Waals surface area contributed by atoms with Crippen molar-refractivity contribution in [2.24, 2.45) is 0 Å². The number of hydrogen-bond donors (Lipinski definition) is 6. The highest BCUT2D eigenvalue weighted by Crippen LogP contribution is 2.43. The van der Waals surface area contributed by atoms with E-state index in [9.17, 15) is 38.9 Å². The van der Waals surface area contributed by atoms with E-state index in [1.165, 1.54) is 19.3 Å². The largest absolute Gasteiger partial charge is 0.472 e. The van der Waals surface area contributed by atoms with Gasteiger partial charge >= 0.3 is 27.6 Å². The van der Waals surface area contributed by atoms with Gasteiger partial charge in [-0.1, -0.05) is 149 Å². The molecule has 15 nitrogen and oxygen atoms in total. The summed E-state index contributed by atoms with van der Waals surface area (Å²) in [4.78, 5) is 52.7. The number of rotatable bonds is 41. The maximum absolute atomic E-state index is 12.7. The molecule has 0 aromatic rings. The van der Waals surface area contributed by atoms with Crippen molar-refractivity contribution in [3.05, 3.63) is 109 Å². The molecule has 0 aliphatic heterocycles. The van der Waals surface area contributed by atoms with Gasteiger partial charge in [0.05, 0.1) is 32.0 Å². The fraction of sp³-hybridized carbons (Fsp3) is 0.583. The standard InChI is InChI=1S/C48H78O15P2/c1-3-5-7-8-9-10-11-12-13-14-15-16-17-18-19-24-32-38-48(53)63-46(42-62-65(57,58)61-40-45(51)39-60-64(54,55)56)41-59-47(52)37-31-23-21-20-22-28-34-44(50)36-30-26-25-29-35-43(49)33-27-6-4-2/h6,9-10,12-13,15-16,21-23,25-30,35-36,43-46,49-51H,3-5,7-8,11,14,17-20,24,31-34,37-42H2,1-2H3,(H,57,58)(H2,54,55,56)/b10-9-,13-12-,16-15-,23-21-,26-25-,27-6-,28-22-,35-29+,36-30+/t43-,44+,45+,46-/m1/s1. The zero-order valence-electron chi connectivity index (χ0n) is 38.5. The smallest absolute Gasteiger partial charge is 0.462 e. The normalized spacial score (nSPS) is 15.9. The molecule has 5 atom stereocenters.